The normalized spacial score (nSPS) is 16.5. The Hall–Kier alpha value is -1.27. The minimum Gasteiger partial charge on any atom is -0.493 e. The van der Waals surface area contributed by atoms with Crippen LogP contribution >= 0.6 is 15.9 Å². The third kappa shape index (κ3) is 5.11. The van der Waals surface area contributed by atoms with Crippen molar-refractivity contribution in [2.45, 2.75) is 32.7 Å². The Labute approximate surface area is 152 Å². The first kappa shape index (κ1) is 19.1. The summed E-state index contributed by atoms with van der Waals surface area (Å²) in [5, 5.41) is 6.38. The van der Waals surface area contributed by atoms with Crippen LogP contribution < -0.4 is 20.1 Å². The lowest BCUT2D eigenvalue weighted by atomic mass is 9.84. The molecule has 1 fully saturated rings. The van der Waals surface area contributed by atoms with E-state index in [1.54, 1.807) is 14.2 Å². The quantitative estimate of drug-likeness (QED) is 0.740. The van der Waals surface area contributed by atoms with Crippen LogP contribution in [-0.4, -0.2) is 33.2 Å². The van der Waals surface area contributed by atoms with Crippen LogP contribution in [0.4, 0.5) is 0 Å². The van der Waals surface area contributed by atoms with E-state index in [1.807, 2.05) is 12.1 Å². The number of hydrogen-bond acceptors (Lipinski definition) is 4. The van der Waals surface area contributed by atoms with Gasteiger partial charge in [-0.1, -0.05) is 6.92 Å². The first-order valence-corrected chi connectivity index (χ1v) is 9.22. The molecule has 1 saturated heterocycles. The van der Waals surface area contributed by atoms with Gasteiger partial charge in [0.15, 0.2) is 11.5 Å². The summed E-state index contributed by atoms with van der Waals surface area (Å²) in [5.41, 5.74) is 0.974. The predicted molar refractivity (Wildman–Crippen MR) is 98.5 cm³/mol. The van der Waals surface area contributed by atoms with Crippen molar-refractivity contribution >= 4 is 21.8 Å². The Morgan fingerprint density at radius 1 is 1.33 bits per heavy atom. The van der Waals surface area contributed by atoms with E-state index < -0.39 is 0 Å². The molecule has 0 saturated carbocycles. The van der Waals surface area contributed by atoms with Crippen molar-refractivity contribution in [3.63, 3.8) is 0 Å². The van der Waals surface area contributed by atoms with E-state index in [-0.39, 0.29) is 5.91 Å². The summed E-state index contributed by atoms with van der Waals surface area (Å²) in [6, 6.07) is 3.83. The first-order chi connectivity index (χ1) is 11.5. The van der Waals surface area contributed by atoms with Crippen molar-refractivity contribution in [1.29, 1.82) is 0 Å². The molecular formula is C18H27BrN2O3. The number of halogens is 1. The zero-order valence-corrected chi connectivity index (χ0v) is 16.2. The number of rotatable bonds is 7. The van der Waals surface area contributed by atoms with Crippen LogP contribution in [0.1, 0.15) is 31.7 Å². The van der Waals surface area contributed by atoms with E-state index in [1.165, 1.54) is 0 Å². The maximum absolute atomic E-state index is 12.2. The molecule has 0 radical (unpaired) electrons. The molecule has 6 heteroatoms. The van der Waals surface area contributed by atoms with Crippen molar-refractivity contribution in [2.75, 3.05) is 27.3 Å². The third-order valence-corrected chi connectivity index (χ3v) is 5.27. The van der Waals surface area contributed by atoms with Gasteiger partial charge in [-0.05, 0) is 71.4 Å². The molecule has 24 heavy (non-hydrogen) atoms. The van der Waals surface area contributed by atoms with Gasteiger partial charge in [0.2, 0.25) is 5.91 Å². The maximum Gasteiger partial charge on any atom is 0.220 e. The summed E-state index contributed by atoms with van der Waals surface area (Å²) in [7, 11) is 3.21. The van der Waals surface area contributed by atoms with E-state index in [9.17, 15) is 4.79 Å². The Morgan fingerprint density at radius 3 is 2.67 bits per heavy atom. The van der Waals surface area contributed by atoms with Crippen molar-refractivity contribution in [3.8, 4) is 11.5 Å². The van der Waals surface area contributed by atoms with E-state index in [0.29, 0.717) is 36.3 Å². The number of methoxy groups -OCH3 is 2. The van der Waals surface area contributed by atoms with Gasteiger partial charge in [-0.15, -0.1) is 0 Å². The summed E-state index contributed by atoms with van der Waals surface area (Å²) in [6.45, 7) is 4.80. The van der Waals surface area contributed by atoms with Gasteiger partial charge in [-0.3, -0.25) is 4.79 Å². The number of amides is 1. The number of nitrogens with one attached hydrogen (secondary N) is 2. The topological polar surface area (TPSA) is 59.6 Å². The van der Waals surface area contributed by atoms with Crippen molar-refractivity contribution in [1.82, 2.24) is 10.6 Å². The Bertz CT molecular complexity index is 559. The highest BCUT2D eigenvalue weighted by atomic mass is 79.9. The molecule has 1 atom stereocenters. The van der Waals surface area contributed by atoms with Crippen LogP contribution in [0.2, 0.25) is 0 Å². The molecule has 134 valence electrons. The summed E-state index contributed by atoms with van der Waals surface area (Å²) in [6.07, 6.45) is 2.91. The monoisotopic (exact) mass is 398 g/mol. The van der Waals surface area contributed by atoms with Gasteiger partial charge < -0.3 is 20.1 Å². The molecule has 1 unspecified atom stereocenters. The minimum absolute atomic E-state index is 0.104. The molecule has 0 spiro atoms. The molecule has 1 aliphatic heterocycles. The van der Waals surface area contributed by atoms with Crippen LogP contribution in [0.25, 0.3) is 0 Å². The van der Waals surface area contributed by atoms with E-state index in [0.717, 1.165) is 36.0 Å². The molecule has 0 bridgehead atoms. The number of hydrogen-bond donors (Lipinski definition) is 2. The smallest absolute Gasteiger partial charge is 0.220 e. The zero-order valence-electron chi connectivity index (χ0n) is 14.7. The molecule has 1 aromatic carbocycles. The highest BCUT2D eigenvalue weighted by molar-refractivity contribution is 9.10. The van der Waals surface area contributed by atoms with Gasteiger partial charge in [0.25, 0.3) is 0 Å². The summed E-state index contributed by atoms with van der Waals surface area (Å²) in [4.78, 5) is 12.2. The molecule has 1 aromatic rings. The molecule has 1 heterocycles. The largest absolute Gasteiger partial charge is 0.493 e. The van der Waals surface area contributed by atoms with Crippen molar-refractivity contribution in [2.24, 2.45) is 11.8 Å². The van der Waals surface area contributed by atoms with Crippen LogP contribution in [0.5, 0.6) is 11.5 Å². The second-order valence-corrected chi connectivity index (χ2v) is 7.21. The fraction of sp³-hybridized carbons (Fsp3) is 0.611. The molecule has 2 N–H and O–H groups in total. The second kappa shape index (κ2) is 9.28. The van der Waals surface area contributed by atoms with Crippen LogP contribution in [0.15, 0.2) is 16.6 Å². The maximum atomic E-state index is 12.2. The highest BCUT2D eigenvalue weighted by Gasteiger charge is 2.22. The van der Waals surface area contributed by atoms with Crippen LogP contribution in [-0.2, 0) is 11.3 Å². The Kier molecular flexibility index (Phi) is 7.37. The van der Waals surface area contributed by atoms with Crippen molar-refractivity contribution in [3.05, 3.63) is 22.2 Å². The lowest BCUT2D eigenvalue weighted by molar-refractivity contribution is -0.122. The lowest BCUT2D eigenvalue weighted by Gasteiger charge is -2.27. The molecule has 0 aromatic heterocycles. The average Bonchev–Trinajstić information content (AvgIpc) is 2.60. The second-order valence-electron chi connectivity index (χ2n) is 6.36. The molecular weight excluding hydrogens is 372 g/mol. The molecule has 0 aliphatic carbocycles. The molecule has 1 amide bonds. The predicted octanol–water partition coefficient (Wildman–Crippen LogP) is 3.11. The standard InChI is InChI=1S/C18H27BrN2O3/c1-12(14-4-6-20-7-5-14)8-17(22)21-11-13-9-15(19)18(24-3)16(10-13)23-2/h9-10,12,14,20H,4-8,11H2,1-3H3,(H,21,22). The average molecular weight is 399 g/mol. The minimum atomic E-state index is 0.104. The molecule has 1 aliphatic rings. The van der Waals surface area contributed by atoms with Gasteiger partial charge in [-0.25, -0.2) is 0 Å². The van der Waals surface area contributed by atoms with Gasteiger partial charge in [0.05, 0.1) is 18.7 Å². The third-order valence-electron chi connectivity index (χ3n) is 4.68. The first-order valence-electron chi connectivity index (χ1n) is 8.43. The van der Waals surface area contributed by atoms with Gasteiger partial charge in [0, 0.05) is 13.0 Å². The number of ether oxygens (including phenoxy) is 2. The number of benzene rings is 1. The number of carbonyl (C=O) groups excluding carboxylic acids is 1. The van der Waals surface area contributed by atoms with E-state index in [2.05, 4.69) is 33.5 Å². The van der Waals surface area contributed by atoms with E-state index >= 15 is 0 Å². The highest BCUT2D eigenvalue weighted by Crippen LogP contribution is 2.36. The van der Waals surface area contributed by atoms with Gasteiger partial charge >= 0.3 is 0 Å². The number of carbonyl (C=O) groups is 1. The SMILES string of the molecule is COc1cc(CNC(=O)CC(C)C2CCNCC2)cc(Br)c1OC. The Balaban J connectivity index is 1.88. The Morgan fingerprint density at radius 2 is 2.04 bits per heavy atom. The number of piperidine rings is 1. The summed E-state index contributed by atoms with van der Waals surface area (Å²) < 4.78 is 11.5. The summed E-state index contributed by atoms with van der Waals surface area (Å²) in [5.74, 6) is 2.48. The van der Waals surface area contributed by atoms with Crippen LogP contribution in [0, 0.1) is 11.8 Å². The van der Waals surface area contributed by atoms with Gasteiger partial charge in [0.1, 0.15) is 0 Å². The summed E-state index contributed by atoms with van der Waals surface area (Å²) >= 11 is 3.47. The fourth-order valence-electron chi connectivity index (χ4n) is 3.22. The van der Waals surface area contributed by atoms with Crippen molar-refractivity contribution < 1.29 is 14.3 Å². The lowest BCUT2D eigenvalue weighted by Crippen LogP contribution is -2.33. The van der Waals surface area contributed by atoms with E-state index in [4.69, 9.17) is 9.47 Å². The molecule has 2 rings (SSSR count). The zero-order chi connectivity index (χ0) is 17.5. The van der Waals surface area contributed by atoms with Crippen LogP contribution in [0.3, 0.4) is 0 Å². The van der Waals surface area contributed by atoms with Gasteiger partial charge in [-0.2, -0.15) is 0 Å². The molecule has 5 nitrogen and oxygen atoms in total. The fourth-order valence-corrected chi connectivity index (χ4v) is 3.87.